The average molecular weight is 1050 g/mol. The van der Waals surface area contributed by atoms with Gasteiger partial charge in [-0.05, 0) is 64.2 Å². The van der Waals surface area contributed by atoms with Gasteiger partial charge in [-0.1, -0.05) is 326 Å². The Labute approximate surface area is 468 Å². The molecule has 6 nitrogen and oxygen atoms in total. The summed E-state index contributed by atoms with van der Waals surface area (Å²) in [5.74, 6) is -0.0488. The van der Waals surface area contributed by atoms with Crippen LogP contribution in [0.1, 0.15) is 367 Å². The summed E-state index contributed by atoms with van der Waals surface area (Å²) in [6.07, 6.45) is 82.3. The number of allylic oxidation sites excluding steroid dienone is 5. The normalized spacial score (nSPS) is 12.7. The smallest absolute Gasteiger partial charge is 0.305 e. The maximum absolute atomic E-state index is 12.4. The first-order valence-electron chi connectivity index (χ1n) is 33.8. The molecule has 6 heteroatoms. The number of nitrogens with one attached hydrogen (secondary N) is 1. The average Bonchev–Trinajstić information content (AvgIpc) is 3.41. The highest BCUT2D eigenvalue weighted by Gasteiger charge is 2.18. The number of aliphatic hydroxyl groups is 2. The van der Waals surface area contributed by atoms with Crippen LogP contribution in [0.3, 0.4) is 0 Å². The maximum atomic E-state index is 12.4. The lowest BCUT2D eigenvalue weighted by molar-refractivity contribution is -0.143. The first-order chi connectivity index (χ1) is 37.0. The van der Waals surface area contributed by atoms with Crippen molar-refractivity contribution in [3.63, 3.8) is 0 Å². The Kier molecular flexibility index (Phi) is 63.0. The van der Waals surface area contributed by atoms with Crippen molar-refractivity contribution in [3.8, 4) is 0 Å². The number of esters is 1. The molecule has 0 aliphatic carbocycles. The van der Waals surface area contributed by atoms with Crippen LogP contribution in [0.4, 0.5) is 0 Å². The fourth-order valence-electron chi connectivity index (χ4n) is 10.5. The molecule has 442 valence electrons. The summed E-state index contributed by atoms with van der Waals surface area (Å²) >= 11 is 0. The minimum atomic E-state index is -0.841. The summed E-state index contributed by atoms with van der Waals surface area (Å²) in [7, 11) is 0. The molecule has 0 aliphatic heterocycles. The van der Waals surface area contributed by atoms with E-state index < -0.39 is 12.1 Å². The summed E-state index contributed by atoms with van der Waals surface area (Å²) in [6.45, 7) is 4.91. The zero-order chi connectivity index (χ0) is 54.3. The van der Waals surface area contributed by atoms with Crippen LogP contribution in [0.5, 0.6) is 0 Å². The second kappa shape index (κ2) is 64.6. The molecule has 0 rings (SSSR count). The molecule has 2 unspecified atom stereocenters. The Morgan fingerprint density at radius 2 is 0.667 bits per heavy atom. The van der Waals surface area contributed by atoms with Crippen molar-refractivity contribution in [2.24, 2.45) is 0 Å². The lowest BCUT2D eigenvalue weighted by atomic mass is 10.0. The van der Waals surface area contributed by atoms with Gasteiger partial charge in [0.05, 0.1) is 25.4 Å². The summed E-state index contributed by atoms with van der Waals surface area (Å²) in [4.78, 5) is 24.4. The predicted octanol–water partition coefficient (Wildman–Crippen LogP) is 21.5. The number of carbonyl (C=O) groups is 2. The standard InChI is InChI=1S/C69H131NO5/c1-3-5-7-9-11-13-15-42-45-49-53-57-61-67(72)66(65-71)70-68(73)62-58-54-50-46-43-39-37-35-33-31-29-27-25-23-21-19-17-16-18-20-22-24-26-28-30-32-34-36-38-40-44-48-52-56-60-64-75-69(74)63-59-55-51-47-41-14-12-10-8-6-4-2/h18,20,24,26,57,61,66-67,71-72H,3-17,19,21-23,25,27-56,58-60,62-65H2,1-2H3,(H,70,73)/b20-18-,26-24-,61-57+. The number of carbonyl (C=O) groups excluding carboxylic acids is 2. The van der Waals surface area contributed by atoms with Crippen LogP contribution in [-0.4, -0.2) is 47.4 Å². The molecule has 75 heavy (non-hydrogen) atoms. The third-order valence-corrected chi connectivity index (χ3v) is 15.7. The minimum absolute atomic E-state index is 0.0163. The summed E-state index contributed by atoms with van der Waals surface area (Å²) in [5, 5.41) is 23.1. The highest BCUT2D eigenvalue weighted by atomic mass is 16.5. The molecule has 0 aromatic heterocycles. The van der Waals surface area contributed by atoms with E-state index in [9.17, 15) is 19.8 Å². The van der Waals surface area contributed by atoms with Crippen LogP contribution in [0.25, 0.3) is 0 Å². The second-order valence-corrected chi connectivity index (χ2v) is 23.2. The van der Waals surface area contributed by atoms with E-state index in [1.165, 1.54) is 295 Å². The van der Waals surface area contributed by atoms with Gasteiger partial charge in [0.15, 0.2) is 0 Å². The largest absolute Gasteiger partial charge is 0.466 e. The monoisotopic (exact) mass is 1050 g/mol. The Hall–Kier alpha value is -1.92. The van der Waals surface area contributed by atoms with Crippen LogP contribution in [0.15, 0.2) is 36.5 Å². The molecule has 0 fully saturated rings. The highest BCUT2D eigenvalue weighted by Crippen LogP contribution is 2.18. The molecule has 3 N–H and O–H groups in total. The number of rotatable bonds is 63. The van der Waals surface area contributed by atoms with Crippen molar-refractivity contribution < 1.29 is 24.5 Å². The number of amides is 1. The van der Waals surface area contributed by atoms with Gasteiger partial charge in [-0.3, -0.25) is 9.59 Å². The number of ether oxygens (including phenoxy) is 1. The van der Waals surface area contributed by atoms with Crippen molar-refractivity contribution in [2.45, 2.75) is 379 Å². The van der Waals surface area contributed by atoms with E-state index in [1.54, 1.807) is 6.08 Å². The van der Waals surface area contributed by atoms with E-state index in [0.717, 1.165) is 44.9 Å². The van der Waals surface area contributed by atoms with E-state index >= 15 is 0 Å². The van der Waals surface area contributed by atoms with E-state index in [1.807, 2.05) is 6.08 Å². The molecule has 0 aromatic rings. The molecule has 0 bridgehead atoms. The third-order valence-electron chi connectivity index (χ3n) is 15.7. The van der Waals surface area contributed by atoms with Crippen molar-refractivity contribution >= 4 is 11.9 Å². The van der Waals surface area contributed by atoms with E-state index in [0.29, 0.717) is 19.4 Å². The SMILES string of the molecule is CCCCCCCCCCCC/C=C/C(O)C(CO)NC(=O)CCCCCCCCCCCCCCCCCCC/C=C\C/C=C\CCCCCCCCCCCCCOC(=O)CCCCCCCCCCCCC. The lowest BCUT2D eigenvalue weighted by Gasteiger charge is -2.20. The fraction of sp³-hybridized carbons (Fsp3) is 0.884. The number of hydrogen-bond donors (Lipinski definition) is 3. The van der Waals surface area contributed by atoms with Gasteiger partial charge in [0.2, 0.25) is 5.91 Å². The van der Waals surface area contributed by atoms with Crippen molar-refractivity contribution in [1.29, 1.82) is 0 Å². The fourth-order valence-corrected chi connectivity index (χ4v) is 10.5. The Morgan fingerprint density at radius 3 is 1.01 bits per heavy atom. The molecule has 0 aromatic carbocycles. The third kappa shape index (κ3) is 61.2. The van der Waals surface area contributed by atoms with Crippen LogP contribution in [0.2, 0.25) is 0 Å². The zero-order valence-electron chi connectivity index (χ0n) is 50.5. The van der Waals surface area contributed by atoms with Crippen LogP contribution in [0, 0.1) is 0 Å². The van der Waals surface area contributed by atoms with E-state index in [2.05, 4.69) is 43.5 Å². The van der Waals surface area contributed by atoms with Gasteiger partial charge in [-0.25, -0.2) is 0 Å². The van der Waals surface area contributed by atoms with Gasteiger partial charge >= 0.3 is 5.97 Å². The molecule has 0 spiro atoms. The van der Waals surface area contributed by atoms with Gasteiger partial charge in [0.25, 0.3) is 0 Å². The molecule has 0 heterocycles. The number of unbranched alkanes of at least 4 members (excludes halogenated alkanes) is 48. The van der Waals surface area contributed by atoms with Gasteiger partial charge in [-0.15, -0.1) is 0 Å². The van der Waals surface area contributed by atoms with Gasteiger partial charge in [0.1, 0.15) is 0 Å². The number of hydrogen-bond acceptors (Lipinski definition) is 5. The predicted molar refractivity (Wildman–Crippen MR) is 329 cm³/mol. The van der Waals surface area contributed by atoms with Gasteiger partial charge < -0.3 is 20.3 Å². The molecule has 1 amide bonds. The highest BCUT2D eigenvalue weighted by molar-refractivity contribution is 5.76. The first kappa shape index (κ1) is 73.1. The molecule has 2 atom stereocenters. The van der Waals surface area contributed by atoms with Crippen LogP contribution < -0.4 is 5.32 Å². The first-order valence-corrected chi connectivity index (χ1v) is 33.8. The molecule has 0 radical (unpaired) electrons. The summed E-state index contributed by atoms with van der Waals surface area (Å²) in [6, 6.07) is -0.625. The Balaban J connectivity index is 3.37. The lowest BCUT2D eigenvalue weighted by Crippen LogP contribution is -2.45. The molecular weight excluding hydrogens is 923 g/mol. The zero-order valence-corrected chi connectivity index (χ0v) is 50.5. The topological polar surface area (TPSA) is 95.9 Å². The number of aliphatic hydroxyl groups excluding tert-OH is 2. The second-order valence-electron chi connectivity index (χ2n) is 23.2. The van der Waals surface area contributed by atoms with E-state index in [4.69, 9.17) is 4.74 Å². The van der Waals surface area contributed by atoms with Crippen molar-refractivity contribution in [1.82, 2.24) is 5.32 Å². The van der Waals surface area contributed by atoms with Gasteiger partial charge in [0, 0.05) is 12.8 Å². The van der Waals surface area contributed by atoms with Crippen LogP contribution >= 0.6 is 0 Å². The van der Waals surface area contributed by atoms with E-state index in [-0.39, 0.29) is 18.5 Å². The molecule has 0 aliphatic rings. The summed E-state index contributed by atoms with van der Waals surface area (Å²) < 4.78 is 5.47. The quantitative estimate of drug-likeness (QED) is 0.0320. The Bertz CT molecular complexity index is 1210. The van der Waals surface area contributed by atoms with Crippen molar-refractivity contribution in [3.05, 3.63) is 36.5 Å². The minimum Gasteiger partial charge on any atom is -0.466 e. The molecule has 0 saturated carbocycles. The van der Waals surface area contributed by atoms with Crippen LogP contribution in [-0.2, 0) is 14.3 Å². The van der Waals surface area contributed by atoms with Gasteiger partial charge in [-0.2, -0.15) is 0 Å². The summed E-state index contributed by atoms with van der Waals surface area (Å²) in [5.41, 5.74) is 0. The molecule has 0 saturated heterocycles. The Morgan fingerprint density at radius 1 is 0.373 bits per heavy atom. The maximum Gasteiger partial charge on any atom is 0.305 e. The van der Waals surface area contributed by atoms with Crippen molar-refractivity contribution in [2.75, 3.05) is 13.2 Å². The molecular formula is C69H131NO5.